The molecule has 0 N–H and O–H groups in total. The highest BCUT2D eigenvalue weighted by Gasteiger charge is 2.22. The highest BCUT2D eigenvalue weighted by atomic mass is 16.7. The Morgan fingerprint density at radius 2 is 1.35 bits per heavy atom. The van der Waals surface area contributed by atoms with Crippen LogP contribution in [0.2, 0.25) is 0 Å². The third-order valence-corrected chi connectivity index (χ3v) is 6.00. The maximum absolute atomic E-state index is 12.6. The first kappa shape index (κ1) is 29.8. The minimum Gasteiger partial charge on any atom is -0.462 e. The van der Waals surface area contributed by atoms with Gasteiger partial charge < -0.3 is 18.9 Å². The number of esters is 2. The molecule has 0 aromatic heterocycles. The van der Waals surface area contributed by atoms with Crippen LogP contribution in [-0.4, -0.2) is 36.7 Å². The SMILES string of the molecule is CCCCCCCCOC(=O)c1ccc(-c2ccc(OC(=O)c3ccc(OC(=O)OC)c([N+](=O)[O-])c3)cc2)cc1. The predicted octanol–water partition coefficient (Wildman–Crippen LogP) is 7.14. The van der Waals surface area contributed by atoms with Gasteiger partial charge in [-0.1, -0.05) is 63.3 Å². The first-order valence-corrected chi connectivity index (χ1v) is 13.0. The van der Waals surface area contributed by atoms with E-state index in [0.717, 1.165) is 49.6 Å². The molecule has 0 saturated carbocycles. The van der Waals surface area contributed by atoms with Gasteiger partial charge in [0, 0.05) is 6.07 Å². The second-order valence-electron chi connectivity index (χ2n) is 8.89. The number of unbranched alkanes of at least 4 members (excludes halogenated alkanes) is 5. The Balaban J connectivity index is 1.56. The van der Waals surface area contributed by atoms with Gasteiger partial charge in [0.05, 0.1) is 29.8 Å². The number of carbonyl (C=O) groups is 3. The van der Waals surface area contributed by atoms with Crippen LogP contribution in [0.3, 0.4) is 0 Å². The first-order chi connectivity index (χ1) is 19.3. The van der Waals surface area contributed by atoms with Crippen molar-refractivity contribution in [2.24, 2.45) is 0 Å². The number of carbonyl (C=O) groups excluding carboxylic acids is 3. The van der Waals surface area contributed by atoms with Crippen LogP contribution in [0, 0.1) is 10.1 Å². The number of benzene rings is 3. The number of hydrogen-bond acceptors (Lipinski definition) is 9. The molecule has 0 heterocycles. The van der Waals surface area contributed by atoms with E-state index in [1.807, 2.05) is 0 Å². The average Bonchev–Trinajstić information content (AvgIpc) is 2.97. The van der Waals surface area contributed by atoms with E-state index in [2.05, 4.69) is 11.7 Å². The molecule has 0 bridgehead atoms. The molecule has 3 aromatic carbocycles. The number of nitrogens with zero attached hydrogens (tertiary/aromatic N) is 1. The second-order valence-corrected chi connectivity index (χ2v) is 8.89. The van der Waals surface area contributed by atoms with Crippen LogP contribution in [0.5, 0.6) is 11.5 Å². The van der Waals surface area contributed by atoms with Crippen LogP contribution in [0.15, 0.2) is 66.7 Å². The zero-order chi connectivity index (χ0) is 28.9. The summed E-state index contributed by atoms with van der Waals surface area (Å²) in [5.41, 5.74) is 1.45. The van der Waals surface area contributed by atoms with Gasteiger partial charge in [-0.3, -0.25) is 10.1 Å². The maximum Gasteiger partial charge on any atom is 0.513 e. The summed E-state index contributed by atoms with van der Waals surface area (Å²) in [6.45, 7) is 2.58. The molecule has 0 saturated heterocycles. The summed E-state index contributed by atoms with van der Waals surface area (Å²) in [6, 6.07) is 17.0. The van der Waals surface area contributed by atoms with Crippen molar-refractivity contribution in [1.82, 2.24) is 0 Å². The summed E-state index contributed by atoms with van der Waals surface area (Å²) in [6.07, 6.45) is 5.58. The van der Waals surface area contributed by atoms with Gasteiger partial charge in [0.1, 0.15) is 5.75 Å². The Morgan fingerprint density at radius 3 is 1.98 bits per heavy atom. The average molecular weight is 550 g/mol. The molecule has 3 aromatic rings. The Labute approximate surface area is 232 Å². The van der Waals surface area contributed by atoms with Crippen LogP contribution in [0.4, 0.5) is 10.5 Å². The zero-order valence-electron chi connectivity index (χ0n) is 22.4. The normalized spacial score (nSPS) is 10.4. The molecular weight excluding hydrogens is 518 g/mol. The molecule has 0 radical (unpaired) electrons. The minimum absolute atomic E-state index is 0.105. The van der Waals surface area contributed by atoms with Gasteiger partial charge in [0.15, 0.2) is 0 Å². The van der Waals surface area contributed by atoms with E-state index in [0.29, 0.717) is 12.2 Å². The van der Waals surface area contributed by atoms with Gasteiger partial charge in [-0.2, -0.15) is 0 Å². The molecule has 0 aliphatic rings. The fourth-order valence-corrected chi connectivity index (χ4v) is 3.82. The Kier molecular flexibility index (Phi) is 11.2. The van der Waals surface area contributed by atoms with Gasteiger partial charge in [-0.25, -0.2) is 14.4 Å². The molecule has 3 rings (SSSR count). The fraction of sp³-hybridized carbons (Fsp3) is 0.300. The molecule has 10 heteroatoms. The molecule has 40 heavy (non-hydrogen) atoms. The molecule has 0 aliphatic heterocycles. The molecule has 0 unspecified atom stereocenters. The molecular formula is C30H31NO9. The lowest BCUT2D eigenvalue weighted by molar-refractivity contribution is -0.385. The lowest BCUT2D eigenvalue weighted by Gasteiger charge is -2.08. The number of nitro groups is 1. The van der Waals surface area contributed by atoms with E-state index in [4.69, 9.17) is 14.2 Å². The third kappa shape index (κ3) is 8.65. The first-order valence-electron chi connectivity index (χ1n) is 13.0. The maximum atomic E-state index is 12.6. The van der Waals surface area contributed by atoms with Crippen molar-refractivity contribution in [3.05, 3.63) is 88.0 Å². The van der Waals surface area contributed by atoms with Crippen molar-refractivity contribution in [1.29, 1.82) is 0 Å². The van der Waals surface area contributed by atoms with E-state index in [1.54, 1.807) is 48.5 Å². The van der Waals surface area contributed by atoms with E-state index in [-0.39, 0.29) is 23.0 Å². The second kappa shape index (κ2) is 15.0. The summed E-state index contributed by atoms with van der Waals surface area (Å²) in [5.74, 6) is -1.33. The van der Waals surface area contributed by atoms with Crippen molar-refractivity contribution in [3.63, 3.8) is 0 Å². The zero-order valence-corrected chi connectivity index (χ0v) is 22.4. The standard InChI is InChI=1S/C30H31NO9/c1-3-4-5-6-7-8-19-38-28(32)23-11-9-21(10-12-23)22-13-16-25(17-14-22)39-29(33)24-15-18-27(40-30(34)37-2)26(20-24)31(35)36/h9-18,20H,3-8,19H2,1-2H3. The number of ether oxygens (including phenoxy) is 4. The summed E-state index contributed by atoms with van der Waals surface area (Å²) < 4.78 is 19.8. The number of nitro benzene ring substituents is 1. The number of rotatable bonds is 13. The van der Waals surface area contributed by atoms with Crippen LogP contribution >= 0.6 is 0 Å². The van der Waals surface area contributed by atoms with Crippen LogP contribution in [-0.2, 0) is 9.47 Å². The molecule has 0 spiro atoms. The van der Waals surface area contributed by atoms with Gasteiger partial charge in [-0.15, -0.1) is 0 Å². The van der Waals surface area contributed by atoms with E-state index in [9.17, 15) is 24.5 Å². The van der Waals surface area contributed by atoms with Crippen LogP contribution in [0.1, 0.15) is 66.2 Å². The highest BCUT2D eigenvalue weighted by Crippen LogP contribution is 2.29. The highest BCUT2D eigenvalue weighted by molar-refractivity contribution is 5.92. The molecule has 0 aliphatic carbocycles. The summed E-state index contributed by atoms with van der Waals surface area (Å²) in [5, 5.41) is 11.4. The van der Waals surface area contributed by atoms with Crippen LogP contribution in [0.25, 0.3) is 11.1 Å². The molecule has 0 amide bonds. The minimum atomic E-state index is -1.13. The predicted molar refractivity (Wildman–Crippen MR) is 147 cm³/mol. The molecule has 0 atom stereocenters. The lowest BCUT2D eigenvalue weighted by atomic mass is 10.0. The van der Waals surface area contributed by atoms with Crippen molar-refractivity contribution >= 4 is 23.8 Å². The quantitative estimate of drug-likeness (QED) is 0.0545. The summed E-state index contributed by atoms with van der Waals surface area (Å²) in [7, 11) is 1.06. The van der Waals surface area contributed by atoms with Crippen molar-refractivity contribution in [2.75, 3.05) is 13.7 Å². The fourth-order valence-electron chi connectivity index (χ4n) is 3.82. The molecule has 10 nitrogen and oxygen atoms in total. The van der Waals surface area contributed by atoms with Crippen molar-refractivity contribution in [2.45, 2.75) is 45.4 Å². The van der Waals surface area contributed by atoms with Crippen molar-refractivity contribution in [3.8, 4) is 22.6 Å². The Morgan fingerprint density at radius 1 is 0.750 bits per heavy atom. The van der Waals surface area contributed by atoms with E-state index < -0.39 is 22.7 Å². The Hall–Kier alpha value is -4.73. The summed E-state index contributed by atoms with van der Waals surface area (Å²) in [4.78, 5) is 46.7. The van der Waals surface area contributed by atoms with Gasteiger partial charge in [0.25, 0.3) is 0 Å². The topological polar surface area (TPSA) is 131 Å². The van der Waals surface area contributed by atoms with Gasteiger partial charge >= 0.3 is 23.8 Å². The summed E-state index contributed by atoms with van der Waals surface area (Å²) >= 11 is 0. The van der Waals surface area contributed by atoms with Gasteiger partial charge in [0.2, 0.25) is 5.75 Å². The molecule has 210 valence electrons. The van der Waals surface area contributed by atoms with Crippen LogP contribution < -0.4 is 9.47 Å². The number of methoxy groups -OCH3 is 1. The monoisotopic (exact) mass is 549 g/mol. The largest absolute Gasteiger partial charge is 0.513 e. The third-order valence-electron chi connectivity index (χ3n) is 6.00. The van der Waals surface area contributed by atoms with E-state index in [1.165, 1.54) is 25.3 Å². The van der Waals surface area contributed by atoms with Crippen molar-refractivity contribution < 1.29 is 38.3 Å². The smallest absolute Gasteiger partial charge is 0.462 e. The van der Waals surface area contributed by atoms with E-state index >= 15 is 0 Å². The van der Waals surface area contributed by atoms with Gasteiger partial charge in [-0.05, 0) is 53.9 Å². The Bertz CT molecular complexity index is 1320. The number of hydrogen-bond donors (Lipinski definition) is 0. The lowest BCUT2D eigenvalue weighted by Crippen LogP contribution is -2.11. The molecule has 0 fully saturated rings.